The fourth-order valence-electron chi connectivity index (χ4n) is 15.6. The fraction of sp³-hybridized carbons (Fsp3) is 0.922. The highest BCUT2D eigenvalue weighted by Crippen LogP contribution is 2.44. The molecule has 0 bridgehead atoms. The number of nitrogens with two attached hydrogens (primary N) is 10. The first kappa shape index (κ1) is 114. The van der Waals surface area contributed by atoms with E-state index in [2.05, 4.69) is 0 Å². The number of nitrogens with zero attached hydrogens (tertiary/aromatic N) is 10. The molecule has 0 aromatic rings. The van der Waals surface area contributed by atoms with Crippen LogP contribution >= 0.6 is 0 Å². The first-order valence-corrected chi connectivity index (χ1v) is 47.8. The molecular formula is C64H139B5N20O30S5. The van der Waals surface area contributed by atoms with Crippen LogP contribution in [0.15, 0.2) is 0 Å². The molecule has 2 aliphatic carbocycles. The zero-order chi connectivity index (χ0) is 95.9. The van der Waals surface area contributed by atoms with Crippen LogP contribution in [0.5, 0.6) is 0 Å². The van der Waals surface area contributed by atoms with E-state index in [1.165, 1.54) is 41.1 Å². The van der Waals surface area contributed by atoms with Gasteiger partial charge in [-0.05, 0) is 125 Å². The molecule has 0 aromatic carbocycles. The SMILES string of the molecule is CC(CN)N(C)S(=O)(=O)N1C[C@H](CCCB(O)O)[C@](N)(C(=O)O)C1.CC(N)CN(C(C)C)S(=O)(=O)N1C[C@H](CCCB(O)O)[C@](N)(C(=O)O)C1.CN(C1(CN)CC1)S(=O)(=O)N1C[C@H](CCCB(O)O)[C@](N)(C(=O)O)C1.CN(C1CC1N)S(=O)(=O)N1C[C@H](CCCB(O)O)[C@](N)(C(=O)O)C1.CN(CC(C)(C)N)S(=O)(=O)N1C[C@H](CCCB(O)O)[C@](N)(C(=O)O)C1. The molecule has 35 N–H and O–H groups in total. The summed E-state index contributed by atoms with van der Waals surface area (Å²) in [4.78, 5) is 58.2. The van der Waals surface area contributed by atoms with Crippen LogP contribution in [0.3, 0.4) is 0 Å². The third kappa shape index (κ3) is 29.6. The Morgan fingerprint density at radius 1 is 0.452 bits per heavy atom. The van der Waals surface area contributed by atoms with E-state index >= 15 is 0 Å². The Kier molecular flexibility index (Phi) is 42.5. The summed E-state index contributed by atoms with van der Waals surface area (Å²) in [5.41, 5.74) is 48.7. The van der Waals surface area contributed by atoms with Gasteiger partial charge in [0.2, 0.25) is 0 Å². The van der Waals surface area contributed by atoms with Gasteiger partial charge >= 0.3 is 65.4 Å². The molecule has 7 aliphatic rings. The molecule has 5 heterocycles. The summed E-state index contributed by atoms with van der Waals surface area (Å²) in [6.45, 7) is 8.93. The molecule has 14 atom stereocenters. The summed E-state index contributed by atoms with van der Waals surface area (Å²) < 4.78 is 139. The number of hydrogen-bond donors (Lipinski definition) is 25. The summed E-state index contributed by atoms with van der Waals surface area (Å²) in [6, 6.07) is -1.62. The monoisotopic (exact) mass is 1880 g/mol. The van der Waals surface area contributed by atoms with Crippen LogP contribution in [0.4, 0.5) is 0 Å². The smallest absolute Gasteiger partial charge is 0.451 e. The molecule has 5 aliphatic heterocycles. The van der Waals surface area contributed by atoms with Crippen molar-refractivity contribution < 1.29 is 142 Å². The number of likely N-dealkylation sites (N-methyl/N-ethyl adjacent to an activating group) is 4. The first-order valence-electron chi connectivity index (χ1n) is 40.8. The number of carboxylic acid groups (broad SMARTS) is 5. The molecule has 0 aromatic heterocycles. The van der Waals surface area contributed by atoms with Gasteiger partial charge < -0.3 is 133 Å². The van der Waals surface area contributed by atoms with Crippen molar-refractivity contribution in [3.63, 3.8) is 0 Å². The van der Waals surface area contributed by atoms with Crippen molar-refractivity contribution in [1.82, 2.24) is 43.1 Å². The average molecular weight is 1880 g/mol. The average Bonchev–Trinajstić information content (AvgIpc) is 1.58. The second-order valence-electron chi connectivity index (χ2n) is 35.1. The third-order valence-corrected chi connectivity index (χ3v) is 34.1. The molecule has 7 rings (SSSR count). The lowest BCUT2D eigenvalue weighted by Gasteiger charge is -2.31. The predicted octanol–water partition coefficient (Wildman–Crippen LogP) is -11.5. The number of hydrogen-bond acceptors (Lipinski definition) is 35. The molecule has 5 saturated heterocycles. The van der Waals surface area contributed by atoms with Crippen molar-refractivity contribution >= 4 is 116 Å². The van der Waals surface area contributed by atoms with Crippen LogP contribution in [-0.4, -0.2) is 415 Å². The van der Waals surface area contributed by atoms with Gasteiger partial charge in [0, 0.05) is 191 Å². The molecule has 4 unspecified atom stereocenters. The number of rotatable bonds is 45. The zero-order valence-corrected chi connectivity index (χ0v) is 76.5. The molecule has 124 heavy (non-hydrogen) atoms. The second-order valence-corrected chi connectivity index (χ2v) is 45.0. The van der Waals surface area contributed by atoms with E-state index < -0.39 is 191 Å². The van der Waals surface area contributed by atoms with Gasteiger partial charge in [-0.15, -0.1) is 0 Å². The van der Waals surface area contributed by atoms with Crippen molar-refractivity contribution in [3.05, 3.63) is 0 Å². The minimum atomic E-state index is -3.93. The highest BCUT2D eigenvalue weighted by Gasteiger charge is 2.61. The Hall–Kier alpha value is -3.78. The standard InChI is InChI=1S/C14H31BN4O6S.C13H27BN4O6S.C13H29BN4O6S.C12H25BN4O6S.C12H27BN4O6S/c1-10(2)19(7-11(3)16)26(24,25)18-8-12(5-4-6-15(22)23)14(17,9-18)13(20)21;1-17(12(8-15)4-5-12)25(23,24)18-7-10(3-2-6-14(21)22)13(16,9-18)11(19)20;1-12(2,15)8-17(3)25(23,24)18-7-10(5-4-6-14(21)22)13(16,9-18)11(19)20;1-16(10-5-9(10)14)24(22,23)17-6-8(3-2-4-13(20)21)12(15,7-17)11(18)19;1-9(6-14)16(2)24(22,23)17-7-10(4-3-5-13(20)21)12(15,8-17)11(18)19/h10-12,22-23H,4-9,16-17H2,1-3H3,(H,20,21);10,21-22H,2-9,15-16H2,1H3,(H,19,20);10,21-22H,4-9,15-16H2,1-3H3,(H,19,20);8-10,20-21H,2-7,14-15H2,1H3,(H,18,19);9-10,20-21H,3-8,14-15H2,1-2H3,(H,18,19)/t11?,12-,14-;2*10-,13-;8-,9?,10?,12-;9?,10-,12-/m00000/s1. The Bertz CT molecular complexity index is 4010. The topological polar surface area (TPSA) is 852 Å². The first-order chi connectivity index (χ1) is 56.5. The van der Waals surface area contributed by atoms with Gasteiger partial charge in [-0.3, -0.25) is 24.0 Å². The van der Waals surface area contributed by atoms with Gasteiger partial charge in [-0.2, -0.15) is 85.1 Å². The van der Waals surface area contributed by atoms with Gasteiger partial charge in [-0.1, -0.05) is 32.1 Å². The van der Waals surface area contributed by atoms with Gasteiger partial charge in [0.05, 0.1) is 0 Å². The highest BCUT2D eigenvalue weighted by molar-refractivity contribution is 7.88. The lowest BCUT2D eigenvalue weighted by molar-refractivity contribution is -0.145. The highest BCUT2D eigenvalue weighted by atomic mass is 32.2. The normalized spacial score (nSPS) is 28.1. The molecule has 0 radical (unpaired) electrons. The van der Waals surface area contributed by atoms with Crippen molar-refractivity contribution in [2.45, 2.75) is 226 Å². The second kappa shape index (κ2) is 46.1. The van der Waals surface area contributed by atoms with Crippen molar-refractivity contribution in [1.29, 1.82) is 0 Å². The summed E-state index contributed by atoms with van der Waals surface area (Å²) >= 11 is 0. The molecule has 720 valence electrons. The molecule has 2 saturated carbocycles. The van der Waals surface area contributed by atoms with Crippen LogP contribution in [0.2, 0.25) is 31.6 Å². The van der Waals surface area contributed by atoms with Gasteiger partial charge in [0.15, 0.2) is 0 Å². The molecule has 0 spiro atoms. The molecule has 7 fully saturated rings. The van der Waals surface area contributed by atoms with Gasteiger partial charge in [-0.25, -0.2) is 0 Å². The molecule has 0 amide bonds. The maximum absolute atomic E-state index is 13.0. The van der Waals surface area contributed by atoms with E-state index in [1.54, 1.807) is 41.5 Å². The molecule has 50 nitrogen and oxygen atoms in total. The van der Waals surface area contributed by atoms with Crippen molar-refractivity contribution in [2.75, 3.05) is 120 Å². The van der Waals surface area contributed by atoms with Crippen LogP contribution in [0.1, 0.15) is 125 Å². The van der Waals surface area contributed by atoms with E-state index in [-0.39, 0.29) is 173 Å². The van der Waals surface area contributed by atoms with E-state index in [0.717, 1.165) is 30.1 Å². The molecule has 60 heteroatoms. The quantitative estimate of drug-likeness (QED) is 0.0252. The Morgan fingerprint density at radius 3 is 0.927 bits per heavy atom. The maximum Gasteiger partial charge on any atom is 0.451 e. The number of carbonyl (C=O) groups is 5. The van der Waals surface area contributed by atoms with Gasteiger partial charge in [0.25, 0.3) is 51.0 Å². The van der Waals surface area contributed by atoms with Crippen molar-refractivity contribution in [2.24, 2.45) is 86.9 Å². The van der Waals surface area contributed by atoms with Crippen LogP contribution in [0.25, 0.3) is 0 Å². The fourth-order valence-corrected chi connectivity index (χ4v) is 24.5. The Balaban J connectivity index is 0.000000400. The largest absolute Gasteiger partial charge is 0.480 e. The predicted molar refractivity (Wildman–Crippen MR) is 459 cm³/mol. The zero-order valence-electron chi connectivity index (χ0n) is 72.4. The lowest BCUT2D eigenvalue weighted by Crippen LogP contribution is -2.56. The maximum atomic E-state index is 13.0. The van der Waals surface area contributed by atoms with E-state index in [1.807, 2.05) is 0 Å². The van der Waals surface area contributed by atoms with Gasteiger partial charge in [0.1, 0.15) is 27.7 Å². The summed E-state index contributed by atoms with van der Waals surface area (Å²) in [7, 11) is -21.2. The number of carboxylic acids is 5. The van der Waals surface area contributed by atoms with Crippen LogP contribution < -0.4 is 57.3 Å². The minimum absolute atomic E-state index is 0.0149. The summed E-state index contributed by atoms with van der Waals surface area (Å²) in [6.07, 6.45) is 5.39. The van der Waals surface area contributed by atoms with Crippen LogP contribution in [0, 0.1) is 29.6 Å². The van der Waals surface area contributed by atoms with E-state index in [0.29, 0.717) is 57.8 Å². The number of aliphatic carboxylic acids is 5. The Labute approximate surface area is 729 Å². The molecular weight excluding hydrogens is 1740 g/mol. The van der Waals surface area contributed by atoms with E-state index in [9.17, 15) is 91.6 Å². The third-order valence-electron chi connectivity index (χ3n) is 24.2. The Morgan fingerprint density at radius 2 is 0.710 bits per heavy atom. The minimum Gasteiger partial charge on any atom is -0.480 e. The summed E-state index contributed by atoms with van der Waals surface area (Å²) in [5.74, 6) is -9.44. The summed E-state index contributed by atoms with van der Waals surface area (Å²) in [5, 5.41) is 137. The van der Waals surface area contributed by atoms with E-state index in [4.69, 9.17) is 108 Å². The van der Waals surface area contributed by atoms with Crippen molar-refractivity contribution in [3.8, 4) is 0 Å². The lowest BCUT2D eigenvalue weighted by atomic mass is 9.78. The van der Waals surface area contributed by atoms with Crippen LogP contribution in [-0.2, 0) is 75.0 Å².